The van der Waals surface area contributed by atoms with Gasteiger partial charge in [-0.15, -0.1) is 5.10 Å². The molecule has 1 atom stereocenters. The number of nitrogens with one attached hydrogen (secondary N) is 1. The number of aromatic nitrogens is 3. The van der Waals surface area contributed by atoms with Crippen LogP contribution >= 0.6 is 0 Å². The topological polar surface area (TPSA) is 98.5 Å². The summed E-state index contributed by atoms with van der Waals surface area (Å²) < 4.78 is 11.8. The summed E-state index contributed by atoms with van der Waals surface area (Å²) in [4.78, 5) is 16.4. The molecule has 8 nitrogen and oxygen atoms in total. The maximum absolute atomic E-state index is 12.4. The van der Waals surface area contributed by atoms with Crippen molar-refractivity contribution in [1.29, 1.82) is 0 Å². The lowest BCUT2D eigenvalue weighted by Gasteiger charge is -2.11. The minimum atomic E-state index is -0.745. The van der Waals surface area contributed by atoms with E-state index < -0.39 is 12.0 Å². The number of aliphatic hydroxyl groups is 1. The number of methoxy groups -OCH3 is 2. The Hall–Kier alpha value is -3.39. The molecule has 3 rings (SSSR count). The predicted molar refractivity (Wildman–Crippen MR) is 98.9 cm³/mol. The van der Waals surface area contributed by atoms with Gasteiger partial charge in [0.2, 0.25) is 5.82 Å². The molecule has 0 bridgehead atoms. The lowest BCUT2D eigenvalue weighted by Crippen LogP contribution is -2.16. The summed E-state index contributed by atoms with van der Waals surface area (Å²) in [5, 5.41) is 17.1. The van der Waals surface area contributed by atoms with Crippen molar-refractivity contribution in [1.82, 2.24) is 14.8 Å². The number of rotatable bonds is 7. The third-order valence-corrected chi connectivity index (χ3v) is 3.94. The highest BCUT2D eigenvalue weighted by Crippen LogP contribution is 2.29. The quantitative estimate of drug-likeness (QED) is 0.664. The third-order valence-electron chi connectivity index (χ3n) is 3.94. The number of ether oxygens (including phenoxy) is 2. The van der Waals surface area contributed by atoms with E-state index in [9.17, 15) is 9.90 Å². The molecule has 0 aliphatic heterocycles. The first kappa shape index (κ1) is 18.4. The van der Waals surface area contributed by atoms with Gasteiger partial charge in [-0.25, -0.2) is 9.67 Å². The third kappa shape index (κ3) is 4.42. The Morgan fingerprint density at radius 3 is 2.67 bits per heavy atom. The van der Waals surface area contributed by atoms with Gasteiger partial charge < -0.3 is 19.9 Å². The monoisotopic (exact) mass is 368 g/mol. The number of benzene rings is 2. The van der Waals surface area contributed by atoms with E-state index in [1.165, 1.54) is 18.1 Å². The normalized spacial score (nSPS) is 11.7. The summed E-state index contributed by atoms with van der Waals surface area (Å²) in [5.74, 6) is 0.586. The van der Waals surface area contributed by atoms with Gasteiger partial charge >= 0.3 is 0 Å². The predicted octanol–water partition coefficient (Wildman–Crippen LogP) is 2.28. The first-order valence-electron chi connectivity index (χ1n) is 8.26. The summed E-state index contributed by atoms with van der Waals surface area (Å²) in [6, 6.07) is 14.3. The summed E-state index contributed by atoms with van der Waals surface area (Å²) in [7, 11) is 3.05. The zero-order chi connectivity index (χ0) is 19.2. The highest BCUT2D eigenvalue weighted by Gasteiger charge is 2.16. The van der Waals surface area contributed by atoms with Crippen LogP contribution < -0.4 is 14.8 Å². The summed E-state index contributed by atoms with van der Waals surface area (Å²) in [6.45, 7) is 0.191. The van der Waals surface area contributed by atoms with Gasteiger partial charge in [0.15, 0.2) is 0 Å². The van der Waals surface area contributed by atoms with Crippen molar-refractivity contribution in [3.8, 4) is 11.5 Å². The largest absolute Gasteiger partial charge is 0.497 e. The fourth-order valence-corrected chi connectivity index (χ4v) is 2.52. The van der Waals surface area contributed by atoms with E-state index in [4.69, 9.17) is 9.47 Å². The van der Waals surface area contributed by atoms with Gasteiger partial charge in [-0.1, -0.05) is 30.3 Å². The first-order chi connectivity index (χ1) is 13.1. The van der Waals surface area contributed by atoms with Crippen LogP contribution in [0.15, 0.2) is 54.9 Å². The molecule has 8 heteroatoms. The molecule has 27 heavy (non-hydrogen) atoms. The van der Waals surface area contributed by atoms with E-state index in [2.05, 4.69) is 15.4 Å². The second-order valence-corrected chi connectivity index (χ2v) is 5.74. The van der Waals surface area contributed by atoms with Crippen molar-refractivity contribution < 1.29 is 19.4 Å². The fraction of sp³-hybridized carbons (Fsp3) is 0.211. The van der Waals surface area contributed by atoms with Gasteiger partial charge in [-0.2, -0.15) is 0 Å². The van der Waals surface area contributed by atoms with E-state index in [0.29, 0.717) is 17.2 Å². The summed E-state index contributed by atoms with van der Waals surface area (Å²) in [6.07, 6.45) is 0.664. The van der Waals surface area contributed by atoms with Gasteiger partial charge in [0.1, 0.15) is 17.8 Å². The molecule has 140 valence electrons. The van der Waals surface area contributed by atoms with Crippen LogP contribution in [0.1, 0.15) is 22.3 Å². The van der Waals surface area contributed by atoms with Crippen LogP contribution in [0.2, 0.25) is 0 Å². The molecule has 0 aliphatic carbocycles. The molecule has 3 aromatic rings. The number of aliphatic hydroxyl groups excluding tert-OH is 1. The van der Waals surface area contributed by atoms with Crippen LogP contribution in [0.4, 0.5) is 5.69 Å². The number of amides is 1. The molecular weight excluding hydrogens is 348 g/mol. The Labute approximate surface area is 156 Å². The van der Waals surface area contributed by atoms with Crippen molar-refractivity contribution in [2.75, 3.05) is 19.5 Å². The standard InChI is InChI=1S/C19H20N4O4/c1-26-14-8-9-15(17(10-14)27-2)21-19(25)18-20-12-23(22-18)11-16(24)13-6-4-3-5-7-13/h3-10,12,16,24H,11H2,1-2H3,(H,21,25)/t16-/m0/s1. The Balaban J connectivity index is 1.68. The minimum absolute atomic E-state index is 0.00636. The number of anilines is 1. The number of hydrogen-bond acceptors (Lipinski definition) is 6. The van der Waals surface area contributed by atoms with Crippen LogP contribution in [0.25, 0.3) is 0 Å². The molecule has 1 heterocycles. The number of nitrogens with zero attached hydrogens (tertiary/aromatic N) is 3. The van der Waals surface area contributed by atoms with Gasteiger partial charge in [0.25, 0.3) is 5.91 Å². The molecule has 0 aliphatic rings. The van der Waals surface area contributed by atoms with Crippen molar-refractivity contribution in [2.24, 2.45) is 0 Å². The molecule has 0 radical (unpaired) electrons. The smallest absolute Gasteiger partial charge is 0.295 e. The van der Waals surface area contributed by atoms with Gasteiger partial charge in [0.05, 0.1) is 32.6 Å². The molecular formula is C19H20N4O4. The molecule has 2 N–H and O–H groups in total. The molecule has 0 saturated heterocycles. The van der Waals surface area contributed by atoms with Crippen LogP contribution in [0.5, 0.6) is 11.5 Å². The highest BCUT2D eigenvalue weighted by molar-refractivity contribution is 6.02. The summed E-state index contributed by atoms with van der Waals surface area (Å²) >= 11 is 0. The lowest BCUT2D eigenvalue weighted by atomic mass is 10.1. The Bertz CT molecular complexity index is 911. The number of carbonyl (C=O) groups excluding carboxylic acids is 1. The van der Waals surface area contributed by atoms with Crippen LogP contribution in [0.3, 0.4) is 0 Å². The van der Waals surface area contributed by atoms with E-state index in [-0.39, 0.29) is 12.4 Å². The summed E-state index contributed by atoms with van der Waals surface area (Å²) in [5.41, 5.74) is 1.24. The zero-order valence-corrected chi connectivity index (χ0v) is 15.0. The van der Waals surface area contributed by atoms with Gasteiger partial charge in [-0.05, 0) is 17.7 Å². The highest BCUT2D eigenvalue weighted by atomic mass is 16.5. The molecule has 1 aromatic heterocycles. The first-order valence-corrected chi connectivity index (χ1v) is 8.26. The van der Waals surface area contributed by atoms with Crippen molar-refractivity contribution in [3.05, 3.63) is 66.2 Å². The maximum atomic E-state index is 12.4. The van der Waals surface area contributed by atoms with E-state index >= 15 is 0 Å². The average molecular weight is 368 g/mol. The fourth-order valence-electron chi connectivity index (χ4n) is 2.52. The molecule has 0 unspecified atom stereocenters. The van der Waals surface area contributed by atoms with E-state index in [0.717, 1.165) is 5.56 Å². The SMILES string of the molecule is COc1ccc(NC(=O)c2ncn(C[C@H](O)c3ccccc3)n2)c(OC)c1. The molecule has 2 aromatic carbocycles. The Kier molecular flexibility index (Phi) is 5.68. The van der Waals surface area contributed by atoms with Crippen LogP contribution in [-0.2, 0) is 6.54 Å². The van der Waals surface area contributed by atoms with E-state index in [1.54, 1.807) is 25.3 Å². The van der Waals surface area contributed by atoms with Crippen LogP contribution in [0, 0.1) is 0 Å². The number of carbonyl (C=O) groups is 1. The molecule has 1 amide bonds. The molecule has 0 spiro atoms. The Morgan fingerprint density at radius 2 is 1.96 bits per heavy atom. The number of hydrogen-bond donors (Lipinski definition) is 2. The zero-order valence-electron chi connectivity index (χ0n) is 15.0. The molecule has 0 saturated carbocycles. The lowest BCUT2D eigenvalue weighted by molar-refractivity contribution is 0.101. The van der Waals surface area contributed by atoms with Crippen molar-refractivity contribution in [2.45, 2.75) is 12.6 Å². The maximum Gasteiger partial charge on any atom is 0.295 e. The van der Waals surface area contributed by atoms with Gasteiger partial charge in [-0.3, -0.25) is 4.79 Å². The Morgan fingerprint density at radius 1 is 1.19 bits per heavy atom. The van der Waals surface area contributed by atoms with Crippen LogP contribution in [-0.4, -0.2) is 40.0 Å². The van der Waals surface area contributed by atoms with Crippen molar-refractivity contribution in [3.63, 3.8) is 0 Å². The minimum Gasteiger partial charge on any atom is -0.497 e. The second-order valence-electron chi connectivity index (χ2n) is 5.74. The molecule has 0 fully saturated rings. The van der Waals surface area contributed by atoms with Crippen molar-refractivity contribution >= 4 is 11.6 Å². The second kappa shape index (κ2) is 8.33. The van der Waals surface area contributed by atoms with E-state index in [1.807, 2.05) is 30.3 Å². The van der Waals surface area contributed by atoms with Gasteiger partial charge in [0, 0.05) is 6.07 Å². The average Bonchev–Trinajstić information content (AvgIpc) is 3.17.